The van der Waals surface area contributed by atoms with Crippen molar-refractivity contribution < 1.29 is 19.1 Å². The van der Waals surface area contributed by atoms with Gasteiger partial charge in [0.1, 0.15) is 0 Å². The van der Waals surface area contributed by atoms with Gasteiger partial charge in [-0.2, -0.15) is 0 Å². The first-order valence-corrected chi connectivity index (χ1v) is 9.05. The number of hydrogen-bond acceptors (Lipinski definition) is 5. The predicted molar refractivity (Wildman–Crippen MR) is 110 cm³/mol. The lowest BCUT2D eigenvalue weighted by molar-refractivity contribution is 0.0512. The lowest BCUT2D eigenvalue weighted by atomic mass is 10.1. The first kappa shape index (κ1) is 20.7. The topological polar surface area (TPSA) is 76.7 Å². The Labute approximate surface area is 167 Å². The van der Waals surface area contributed by atoms with Crippen molar-refractivity contribution in [1.82, 2.24) is 0 Å². The van der Waals surface area contributed by atoms with Crippen molar-refractivity contribution in [3.63, 3.8) is 0 Å². The van der Waals surface area contributed by atoms with Crippen molar-refractivity contribution in [2.24, 2.45) is 0 Å². The van der Waals surface area contributed by atoms with E-state index < -0.39 is 11.9 Å². The molecule has 27 heavy (non-hydrogen) atoms. The van der Waals surface area contributed by atoms with Crippen molar-refractivity contribution in [2.45, 2.75) is 13.8 Å². The maximum atomic E-state index is 12.2. The van der Waals surface area contributed by atoms with Crippen LogP contribution in [0.1, 0.15) is 34.6 Å². The molecule has 0 aliphatic heterocycles. The molecule has 0 aromatic heterocycles. The van der Waals surface area contributed by atoms with Crippen LogP contribution in [0, 0.1) is 0 Å². The van der Waals surface area contributed by atoms with Gasteiger partial charge >= 0.3 is 11.9 Å². The number of para-hydroxylation sites is 1. The summed E-state index contributed by atoms with van der Waals surface area (Å²) in [4.78, 5) is 24.2. The number of nitrogens with one attached hydrogen (secondary N) is 2. The molecular weight excluding hydrogens is 388 g/mol. The Morgan fingerprint density at radius 1 is 0.963 bits per heavy atom. The minimum atomic E-state index is -0.532. The molecule has 0 atom stereocenters. The van der Waals surface area contributed by atoms with Gasteiger partial charge in [-0.3, -0.25) is 0 Å². The Hall–Kier alpha value is -2.64. The van der Waals surface area contributed by atoms with Crippen LogP contribution in [0.5, 0.6) is 0 Å². The molecule has 0 amide bonds. The van der Waals surface area contributed by atoms with Crippen LogP contribution >= 0.6 is 23.8 Å². The van der Waals surface area contributed by atoms with Gasteiger partial charge in [0.05, 0.1) is 40.7 Å². The van der Waals surface area contributed by atoms with Crippen LogP contribution in [0.25, 0.3) is 0 Å². The quantitative estimate of drug-likeness (QED) is 0.540. The average Bonchev–Trinajstić information content (AvgIpc) is 2.64. The van der Waals surface area contributed by atoms with Crippen LogP contribution in [0.4, 0.5) is 11.4 Å². The molecule has 6 nitrogen and oxygen atoms in total. The van der Waals surface area contributed by atoms with Crippen molar-refractivity contribution in [2.75, 3.05) is 23.8 Å². The second-order valence-electron chi connectivity index (χ2n) is 5.26. The van der Waals surface area contributed by atoms with Crippen LogP contribution in [0.3, 0.4) is 0 Å². The molecule has 0 radical (unpaired) electrons. The minimum Gasteiger partial charge on any atom is -0.462 e. The molecule has 0 aliphatic carbocycles. The summed E-state index contributed by atoms with van der Waals surface area (Å²) >= 11 is 11.4. The molecule has 0 bridgehead atoms. The highest BCUT2D eigenvalue weighted by Gasteiger charge is 2.17. The molecule has 2 rings (SSSR count). The molecule has 2 N–H and O–H groups in total. The Morgan fingerprint density at radius 3 is 2.26 bits per heavy atom. The van der Waals surface area contributed by atoms with E-state index in [-0.39, 0.29) is 29.5 Å². The van der Waals surface area contributed by atoms with Crippen LogP contribution in [-0.4, -0.2) is 30.3 Å². The van der Waals surface area contributed by atoms with E-state index in [1.165, 1.54) is 18.2 Å². The first-order chi connectivity index (χ1) is 13.0. The van der Waals surface area contributed by atoms with Crippen LogP contribution < -0.4 is 10.6 Å². The normalized spacial score (nSPS) is 10.0. The summed E-state index contributed by atoms with van der Waals surface area (Å²) in [7, 11) is 0. The van der Waals surface area contributed by atoms with Gasteiger partial charge in [-0.15, -0.1) is 0 Å². The number of esters is 2. The fourth-order valence-corrected chi connectivity index (χ4v) is 2.62. The molecular formula is C19H19ClN2O4S. The number of carbonyl (C=O) groups is 2. The third-order valence-electron chi connectivity index (χ3n) is 3.40. The van der Waals surface area contributed by atoms with E-state index in [0.717, 1.165) is 0 Å². The zero-order chi connectivity index (χ0) is 19.8. The third-order valence-corrected chi connectivity index (χ3v) is 3.93. The van der Waals surface area contributed by atoms with Crippen molar-refractivity contribution >= 4 is 52.2 Å². The number of hydrogen-bond donors (Lipinski definition) is 2. The van der Waals surface area contributed by atoms with Gasteiger partial charge in [-0.05, 0) is 56.4 Å². The molecule has 8 heteroatoms. The Balaban J connectivity index is 2.28. The molecule has 2 aromatic rings. The molecule has 0 aliphatic rings. The van der Waals surface area contributed by atoms with Crippen LogP contribution in [0.15, 0.2) is 42.5 Å². The van der Waals surface area contributed by atoms with Crippen LogP contribution in [-0.2, 0) is 9.47 Å². The Morgan fingerprint density at radius 2 is 1.59 bits per heavy atom. The maximum Gasteiger partial charge on any atom is 0.340 e. The Kier molecular flexibility index (Phi) is 7.57. The van der Waals surface area contributed by atoms with E-state index in [4.69, 9.17) is 33.3 Å². The summed E-state index contributed by atoms with van der Waals surface area (Å²) in [5, 5.41) is 6.56. The van der Waals surface area contributed by atoms with Gasteiger partial charge < -0.3 is 20.1 Å². The molecule has 0 heterocycles. The third kappa shape index (κ3) is 5.67. The standard InChI is InChI=1S/C19H19ClN2O4S/c1-3-25-17(23)12-9-10-13(18(24)26-4-2)16(11-12)22-19(27)21-15-8-6-5-7-14(15)20/h5-11H,3-4H2,1-2H3,(H2,21,22,27). The highest BCUT2D eigenvalue weighted by atomic mass is 35.5. The second-order valence-corrected chi connectivity index (χ2v) is 6.08. The number of halogens is 1. The summed E-state index contributed by atoms with van der Waals surface area (Å²) in [6.07, 6.45) is 0. The van der Waals surface area contributed by atoms with Gasteiger partial charge in [0.2, 0.25) is 0 Å². The highest BCUT2D eigenvalue weighted by molar-refractivity contribution is 7.80. The number of thiocarbonyl (C=S) groups is 1. The molecule has 0 unspecified atom stereocenters. The number of rotatable bonds is 6. The number of carbonyl (C=O) groups excluding carboxylic acids is 2. The molecule has 0 spiro atoms. The van der Waals surface area contributed by atoms with Crippen molar-refractivity contribution in [3.8, 4) is 0 Å². The highest BCUT2D eigenvalue weighted by Crippen LogP contribution is 2.23. The summed E-state index contributed by atoms with van der Waals surface area (Å²) in [5.41, 5.74) is 1.46. The monoisotopic (exact) mass is 406 g/mol. The van der Waals surface area contributed by atoms with E-state index in [2.05, 4.69) is 10.6 Å². The second kappa shape index (κ2) is 9.89. The predicted octanol–water partition coefficient (Wildman–Crippen LogP) is 4.50. The average molecular weight is 407 g/mol. The lowest BCUT2D eigenvalue weighted by Crippen LogP contribution is -2.22. The summed E-state index contributed by atoms with van der Waals surface area (Å²) in [5.74, 6) is -1.03. The Bertz CT molecular complexity index is 857. The molecule has 142 valence electrons. The van der Waals surface area contributed by atoms with E-state index in [1.807, 2.05) is 6.07 Å². The molecule has 0 fully saturated rings. The van der Waals surface area contributed by atoms with E-state index in [1.54, 1.807) is 32.0 Å². The van der Waals surface area contributed by atoms with Crippen molar-refractivity contribution in [1.29, 1.82) is 0 Å². The summed E-state index contributed by atoms with van der Waals surface area (Å²) < 4.78 is 10.1. The molecule has 0 saturated carbocycles. The zero-order valence-electron chi connectivity index (χ0n) is 14.9. The zero-order valence-corrected chi connectivity index (χ0v) is 16.4. The van der Waals surface area contributed by atoms with Gasteiger partial charge in [-0.1, -0.05) is 23.7 Å². The summed E-state index contributed by atoms with van der Waals surface area (Å²) in [6.45, 7) is 3.89. The van der Waals surface area contributed by atoms with Gasteiger partial charge in [0.15, 0.2) is 5.11 Å². The van der Waals surface area contributed by atoms with E-state index in [0.29, 0.717) is 16.4 Å². The SMILES string of the molecule is CCOC(=O)c1ccc(C(=O)OCC)c(NC(=S)Nc2ccccc2Cl)c1. The van der Waals surface area contributed by atoms with Gasteiger partial charge in [0.25, 0.3) is 0 Å². The minimum absolute atomic E-state index is 0.203. The fourth-order valence-electron chi connectivity index (χ4n) is 2.21. The maximum absolute atomic E-state index is 12.2. The van der Waals surface area contributed by atoms with Gasteiger partial charge in [0, 0.05) is 0 Å². The largest absolute Gasteiger partial charge is 0.462 e. The van der Waals surface area contributed by atoms with E-state index >= 15 is 0 Å². The first-order valence-electron chi connectivity index (χ1n) is 8.27. The molecule has 0 saturated heterocycles. The smallest absolute Gasteiger partial charge is 0.340 e. The number of benzene rings is 2. The lowest BCUT2D eigenvalue weighted by Gasteiger charge is -2.15. The van der Waals surface area contributed by atoms with Gasteiger partial charge in [-0.25, -0.2) is 9.59 Å². The van der Waals surface area contributed by atoms with E-state index in [9.17, 15) is 9.59 Å². The van der Waals surface area contributed by atoms with Crippen LogP contribution in [0.2, 0.25) is 5.02 Å². The number of anilines is 2. The summed E-state index contributed by atoms with van der Waals surface area (Å²) in [6, 6.07) is 11.6. The molecule has 2 aromatic carbocycles. The number of ether oxygens (including phenoxy) is 2. The van der Waals surface area contributed by atoms with Crippen molar-refractivity contribution in [3.05, 3.63) is 58.6 Å². The fraction of sp³-hybridized carbons (Fsp3) is 0.211.